The van der Waals surface area contributed by atoms with Crippen LogP contribution < -0.4 is 10.2 Å². The first-order valence-electron chi connectivity index (χ1n) is 7.81. The van der Waals surface area contributed by atoms with Crippen molar-refractivity contribution in [3.63, 3.8) is 0 Å². The van der Waals surface area contributed by atoms with E-state index in [2.05, 4.69) is 20.3 Å². The molecule has 25 heavy (non-hydrogen) atoms. The number of thiazole rings is 1. The fourth-order valence-corrected chi connectivity index (χ4v) is 3.30. The highest BCUT2D eigenvalue weighted by atomic mass is 32.1. The summed E-state index contributed by atoms with van der Waals surface area (Å²) in [5.74, 6) is 0.534. The van der Waals surface area contributed by atoms with Crippen molar-refractivity contribution in [2.75, 3.05) is 24.3 Å². The van der Waals surface area contributed by atoms with Gasteiger partial charge in [-0.2, -0.15) is 0 Å². The van der Waals surface area contributed by atoms with Crippen molar-refractivity contribution in [1.29, 1.82) is 0 Å². The molecule has 0 unspecified atom stereocenters. The maximum absolute atomic E-state index is 12.7. The molecule has 0 saturated heterocycles. The largest absolute Gasteiger partial charge is 0.361 e. The number of nitrogens with zero attached hydrogens (tertiary/aromatic N) is 4. The van der Waals surface area contributed by atoms with Gasteiger partial charge < -0.3 is 10.2 Å². The highest BCUT2D eigenvalue weighted by Crippen LogP contribution is 2.28. The van der Waals surface area contributed by atoms with Gasteiger partial charge in [0.15, 0.2) is 5.82 Å². The Kier molecular flexibility index (Phi) is 4.76. The summed E-state index contributed by atoms with van der Waals surface area (Å²) >= 11 is 1.34. The van der Waals surface area contributed by atoms with Crippen molar-refractivity contribution in [3.8, 4) is 10.7 Å². The first-order chi connectivity index (χ1) is 12.0. The van der Waals surface area contributed by atoms with E-state index >= 15 is 0 Å². The fourth-order valence-electron chi connectivity index (χ4n) is 2.37. The highest BCUT2D eigenvalue weighted by Gasteiger charge is 2.18. The molecule has 3 heterocycles. The van der Waals surface area contributed by atoms with Gasteiger partial charge in [0.1, 0.15) is 9.88 Å². The number of anilines is 2. The third kappa shape index (κ3) is 3.66. The quantitative estimate of drug-likeness (QED) is 0.777. The second kappa shape index (κ2) is 6.98. The normalized spacial score (nSPS) is 10.6. The van der Waals surface area contributed by atoms with E-state index in [0.29, 0.717) is 16.3 Å². The molecule has 1 N–H and O–H groups in total. The predicted octanol–water partition coefficient (Wildman–Crippen LogP) is 3.54. The average molecular weight is 353 g/mol. The monoisotopic (exact) mass is 353 g/mol. The molecule has 0 aliphatic heterocycles. The van der Waals surface area contributed by atoms with Crippen molar-refractivity contribution >= 4 is 28.7 Å². The average Bonchev–Trinajstić information content (AvgIpc) is 2.99. The van der Waals surface area contributed by atoms with Gasteiger partial charge >= 0.3 is 0 Å². The van der Waals surface area contributed by atoms with Crippen molar-refractivity contribution in [2.24, 2.45) is 0 Å². The zero-order chi connectivity index (χ0) is 18.0. The summed E-state index contributed by atoms with van der Waals surface area (Å²) in [6, 6.07) is 9.38. The van der Waals surface area contributed by atoms with Gasteiger partial charge in [0.05, 0.1) is 17.1 Å². The Hall–Kier alpha value is -2.80. The van der Waals surface area contributed by atoms with E-state index in [-0.39, 0.29) is 5.91 Å². The van der Waals surface area contributed by atoms with Crippen LogP contribution in [0.5, 0.6) is 0 Å². The summed E-state index contributed by atoms with van der Waals surface area (Å²) in [5.41, 5.74) is 3.02. The molecular weight excluding hydrogens is 334 g/mol. The molecule has 0 aliphatic carbocycles. The molecule has 0 radical (unpaired) electrons. The molecule has 7 heteroatoms. The van der Waals surface area contributed by atoms with Gasteiger partial charge in [0.2, 0.25) is 0 Å². The summed E-state index contributed by atoms with van der Waals surface area (Å²) in [4.78, 5) is 28.4. The zero-order valence-corrected chi connectivity index (χ0v) is 15.4. The number of hydrogen-bond acceptors (Lipinski definition) is 6. The first kappa shape index (κ1) is 17.0. The van der Waals surface area contributed by atoms with E-state index in [1.807, 2.05) is 63.2 Å². The molecular formula is C18H19N5OS. The number of aryl methyl sites for hydroxylation is 2. The fraction of sp³-hybridized carbons (Fsp3) is 0.222. The first-order valence-corrected chi connectivity index (χ1v) is 8.62. The maximum Gasteiger partial charge on any atom is 0.267 e. The topological polar surface area (TPSA) is 71.0 Å². The Bertz CT molecular complexity index is 905. The van der Waals surface area contributed by atoms with Gasteiger partial charge in [-0.15, -0.1) is 11.3 Å². The summed E-state index contributed by atoms with van der Waals surface area (Å²) in [6.45, 7) is 3.75. The van der Waals surface area contributed by atoms with E-state index in [9.17, 15) is 4.79 Å². The Morgan fingerprint density at radius 1 is 1.12 bits per heavy atom. The number of nitrogens with one attached hydrogen (secondary N) is 1. The lowest BCUT2D eigenvalue weighted by molar-refractivity contribution is 0.103. The molecule has 6 nitrogen and oxygen atoms in total. The molecule has 0 spiro atoms. The van der Waals surface area contributed by atoms with E-state index in [0.717, 1.165) is 22.2 Å². The summed E-state index contributed by atoms with van der Waals surface area (Å²) in [5, 5.41) is 3.68. The van der Waals surface area contributed by atoms with Crippen molar-refractivity contribution in [3.05, 3.63) is 52.8 Å². The Balaban J connectivity index is 1.89. The number of carbonyl (C=O) groups excluding carboxylic acids is 1. The number of pyridine rings is 2. The molecule has 3 aromatic heterocycles. The van der Waals surface area contributed by atoms with Gasteiger partial charge in [-0.1, -0.05) is 6.07 Å². The minimum absolute atomic E-state index is 0.189. The van der Waals surface area contributed by atoms with Gasteiger partial charge in [0, 0.05) is 26.0 Å². The minimum atomic E-state index is -0.189. The van der Waals surface area contributed by atoms with E-state index < -0.39 is 0 Å². The molecule has 3 aromatic rings. The lowest BCUT2D eigenvalue weighted by atomic mass is 10.3. The van der Waals surface area contributed by atoms with Crippen LogP contribution in [0.2, 0.25) is 0 Å². The molecule has 0 atom stereocenters. The lowest BCUT2D eigenvalue weighted by Crippen LogP contribution is -2.18. The summed E-state index contributed by atoms with van der Waals surface area (Å²) in [7, 11) is 3.79. The molecule has 0 saturated carbocycles. The van der Waals surface area contributed by atoms with Crippen LogP contribution in [0.3, 0.4) is 0 Å². The van der Waals surface area contributed by atoms with Gasteiger partial charge in [-0.3, -0.25) is 9.78 Å². The molecule has 0 fully saturated rings. The second-order valence-corrected chi connectivity index (χ2v) is 6.82. The number of rotatable bonds is 4. The van der Waals surface area contributed by atoms with Gasteiger partial charge in [-0.05, 0) is 38.1 Å². The van der Waals surface area contributed by atoms with Crippen LogP contribution in [0.25, 0.3) is 10.7 Å². The molecule has 0 aliphatic rings. The molecule has 1 amide bonds. The van der Waals surface area contributed by atoms with Crippen LogP contribution in [0.15, 0.2) is 36.5 Å². The molecule has 0 aromatic carbocycles. The highest BCUT2D eigenvalue weighted by molar-refractivity contribution is 7.17. The smallest absolute Gasteiger partial charge is 0.267 e. The van der Waals surface area contributed by atoms with Crippen LogP contribution >= 0.6 is 11.3 Å². The number of hydrogen-bond donors (Lipinski definition) is 1. The summed E-state index contributed by atoms with van der Waals surface area (Å²) < 4.78 is 0. The Morgan fingerprint density at radius 3 is 2.60 bits per heavy atom. The van der Waals surface area contributed by atoms with E-state index in [1.165, 1.54) is 11.3 Å². The molecule has 0 bridgehead atoms. The molecule has 128 valence electrons. The SMILES string of the molecule is Cc1ccc(NC(=O)c2sc(-c3ccccn3)nc2C)c(N(C)C)n1. The van der Waals surface area contributed by atoms with Crippen LogP contribution in [-0.4, -0.2) is 35.0 Å². The molecule has 3 rings (SSSR count). The summed E-state index contributed by atoms with van der Waals surface area (Å²) in [6.07, 6.45) is 1.72. The van der Waals surface area contributed by atoms with Crippen molar-refractivity contribution < 1.29 is 4.79 Å². The Morgan fingerprint density at radius 2 is 1.92 bits per heavy atom. The number of aromatic nitrogens is 3. The van der Waals surface area contributed by atoms with E-state index in [1.54, 1.807) is 6.20 Å². The second-order valence-electron chi connectivity index (χ2n) is 5.82. The maximum atomic E-state index is 12.7. The standard InChI is InChI=1S/C18H19N5OS/c1-11-8-9-13(16(20-11)23(3)4)22-17(24)15-12(2)21-18(25-15)14-7-5-6-10-19-14/h5-10H,1-4H3,(H,22,24). The van der Waals surface area contributed by atoms with Gasteiger partial charge in [-0.25, -0.2) is 9.97 Å². The number of amides is 1. The van der Waals surface area contributed by atoms with Crippen LogP contribution in [-0.2, 0) is 0 Å². The zero-order valence-electron chi connectivity index (χ0n) is 14.6. The van der Waals surface area contributed by atoms with Crippen molar-refractivity contribution in [1.82, 2.24) is 15.0 Å². The van der Waals surface area contributed by atoms with Crippen molar-refractivity contribution in [2.45, 2.75) is 13.8 Å². The number of carbonyl (C=O) groups is 1. The van der Waals surface area contributed by atoms with Gasteiger partial charge in [0.25, 0.3) is 5.91 Å². The Labute approximate surface area is 150 Å². The minimum Gasteiger partial charge on any atom is -0.361 e. The van der Waals surface area contributed by atoms with Crippen LogP contribution in [0.1, 0.15) is 21.1 Å². The lowest BCUT2D eigenvalue weighted by Gasteiger charge is -2.17. The van der Waals surface area contributed by atoms with Crippen LogP contribution in [0.4, 0.5) is 11.5 Å². The van der Waals surface area contributed by atoms with Crippen LogP contribution in [0, 0.1) is 13.8 Å². The predicted molar refractivity (Wildman–Crippen MR) is 101 cm³/mol. The third-order valence-electron chi connectivity index (χ3n) is 3.57. The van der Waals surface area contributed by atoms with E-state index in [4.69, 9.17) is 0 Å². The third-order valence-corrected chi connectivity index (χ3v) is 4.75.